The van der Waals surface area contributed by atoms with Gasteiger partial charge in [0.05, 0.1) is 18.1 Å². The number of nitrogens with one attached hydrogen (secondary N) is 1. The predicted molar refractivity (Wildman–Crippen MR) is 71.8 cm³/mol. The molecule has 0 bridgehead atoms. The van der Waals surface area contributed by atoms with Crippen molar-refractivity contribution >= 4 is 11.4 Å². The minimum absolute atomic E-state index is 0.0868. The molecule has 1 aromatic carbocycles. The van der Waals surface area contributed by atoms with Gasteiger partial charge >= 0.3 is 0 Å². The van der Waals surface area contributed by atoms with E-state index in [2.05, 4.69) is 10.2 Å². The zero-order valence-corrected chi connectivity index (χ0v) is 10.8. The quantitative estimate of drug-likeness (QED) is 0.659. The van der Waals surface area contributed by atoms with Gasteiger partial charge in [0.25, 0.3) is 5.69 Å². The number of hydrogen-bond acceptors (Lipinski definition) is 5. The third kappa shape index (κ3) is 2.12. The van der Waals surface area contributed by atoms with Gasteiger partial charge in [-0.25, -0.2) is 0 Å². The topological polar surface area (TPSA) is 67.6 Å². The van der Waals surface area contributed by atoms with Crippen molar-refractivity contribution in [1.29, 1.82) is 0 Å². The molecular weight excluding hydrogens is 246 g/mol. The first-order valence-corrected chi connectivity index (χ1v) is 6.50. The molecule has 0 aliphatic carbocycles. The number of methoxy groups -OCH3 is 1. The molecule has 19 heavy (non-hydrogen) atoms. The number of benzene rings is 1. The first-order chi connectivity index (χ1) is 9.19. The summed E-state index contributed by atoms with van der Waals surface area (Å²) in [6, 6.07) is 5.44. The lowest BCUT2D eigenvalue weighted by Gasteiger charge is -2.25. The molecule has 0 spiro atoms. The number of nitro groups is 1. The highest BCUT2D eigenvalue weighted by atomic mass is 16.6. The Morgan fingerprint density at radius 2 is 2.26 bits per heavy atom. The molecule has 0 saturated carbocycles. The van der Waals surface area contributed by atoms with Crippen LogP contribution in [0.2, 0.25) is 0 Å². The van der Waals surface area contributed by atoms with Gasteiger partial charge < -0.3 is 15.0 Å². The van der Waals surface area contributed by atoms with Gasteiger partial charge in [0.2, 0.25) is 0 Å². The van der Waals surface area contributed by atoms with Gasteiger partial charge in [0, 0.05) is 43.5 Å². The Morgan fingerprint density at radius 3 is 3.00 bits per heavy atom. The summed E-state index contributed by atoms with van der Waals surface area (Å²) in [6.45, 7) is 2.96. The first kappa shape index (κ1) is 12.2. The van der Waals surface area contributed by atoms with E-state index in [1.807, 2.05) is 6.07 Å². The Bertz CT molecular complexity index is 506. The molecule has 0 aromatic heterocycles. The molecule has 2 heterocycles. The fourth-order valence-electron chi connectivity index (χ4n) is 3.13. The molecule has 2 aliphatic rings. The Balaban J connectivity index is 1.95. The summed E-state index contributed by atoms with van der Waals surface area (Å²) in [5.41, 5.74) is 0.978. The predicted octanol–water partition coefficient (Wildman–Crippen LogP) is 1.40. The van der Waals surface area contributed by atoms with Crippen molar-refractivity contribution in [3.8, 4) is 5.75 Å². The van der Waals surface area contributed by atoms with Crippen molar-refractivity contribution in [2.75, 3.05) is 31.6 Å². The van der Waals surface area contributed by atoms with Crippen molar-refractivity contribution in [2.24, 2.45) is 5.92 Å². The van der Waals surface area contributed by atoms with E-state index in [0.29, 0.717) is 17.7 Å². The van der Waals surface area contributed by atoms with Crippen LogP contribution in [0.1, 0.15) is 6.42 Å². The molecule has 1 aromatic rings. The summed E-state index contributed by atoms with van der Waals surface area (Å²) in [5, 5.41) is 14.4. The summed E-state index contributed by atoms with van der Waals surface area (Å²) < 4.78 is 5.17. The number of fused-ring (bicyclic) bond motifs is 1. The molecule has 0 radical (unpaired) electrons. The van der Waals surface area contributed by atoms with Crippen molar-refractivity contribution < 1.29 is 9.66 Å². The second-order valence-corrected chi connectivity index (χ2v) is 5.11. The molecule has 1 N–H and O–H groups in total. The van der Waals surface area contributed by atoms with Crippen LogP contribution in [0.5, 0.6) is 5.75 Å². The molecule has 0 unspecified atom stereocenters. The molecule has 3 rings (SSSR count). The van der Waals surface area contributed by atoms with E-state index in [1.54, 1.807) is 6.07 Å². The van der Waals surface area contributed by atoms with E-state index in [0.717, 1.165) is 31.7 Å². The standard InChI is InChI=1S/C13H17N3O3/c1-19-12-5-10(4-11(6-12)16(17)18)15-3-2-9-7-14-8-13(9)15/h4-6,9,13-14H,2-3,7-8H2,1H3/t9-,13+/m0/s1. The lowest BCUT2D eigenvalue weighted by atomic mass is 10.0. The molecule has 102 valence electrons. The zero-order valence-electron chi connectivity index (χ0n) is 10.8. The molecule has 2 fully saturated rings. The molecule has 6 heteroatoms. The largest absolute Gasteiger partial charge is 0.496 e. The third-order valence-corrected chi connectivity index (χ3v) is 4.10. The molecule has 2 saturated heterocycles. The van der Waals surface area contributed by atoms with Crippen LogP contribution in [0.15, 0.2) is 18.2 Å². The Kier molecular flexibility index (Phi) is 3.02. The highest BCUT2D eigenvalue weighted by molar-refractivity contribution is 5.59. The summed E-state index contributed by atoms with van der Waals surface area (Å²) in [6.07, 6.45) is 1.14. The van der Waals surface area contributed by atoms with Crippen molar-refractivity contribution in [3.05, 3.63) is 28.3 Å². The van der Waals surface area contributed by atoms with Crippen LogP contribution in [0.3, 0.4) is 0 Å². The van der Waals surface area contributed by atoms with Gasteiger partial charge in [0.15, 0.2) is 0 Å². The molecular formula is C13H17N3O3. The van der Waals surface area contributed by atoms with Gasteiger partial charge in [-0.3, -0.25) is 10.1 Å². The summed E-state index contributed by atoms with van der Waals surface area (Å²) in [5.74, 6) is 1.20. The number of ether oxygens (including phenoxy) is 1. The third-order valence-electron chi connectivity index (χ3n) is 4.10. The summed E-state index contributed by atoms with van der Waals surface area (Å²) in [7, 11) is 1.53. The smallest absolute Gasteiger partial charge is 0.275 e. The van der Waals surface area contributed by atoms with Crippen LogP contribution in [-0.4, -0.2) is 37.7 Å². The minimum Gasteiger partial charge on any atom is -0.496 e. The Hall–Kier alpha value is -1.82. The SMILES string of the molecule is COc1cc(N2CC[C@H]3CNC[C@H]32)cc([N+](=O)[O-])c1. The molecule has 6 nitrogen and oxygen atoms in total. The van der Waals surface area contributed by atoms with E-state index >= 15 is 0 Å². The van der Waals surface area contributed by atoms with Crippen molar-refractivity contribution in [2.45, 2.75) is 12.5 Å². The van der Waals surface area contributed by atoms with Crippen molar-refractivity contribution in [1.82, 2.24) is 5.32 Å². The van der Waals surface area contributed by atoms with E-state index in [9.17, 15) is 10.1 Å². The van der Waals surface area contributed by atoms with Crippen LogP contribution < -0.4 is 15.0 Å². The second kappa shape index (κ2) is 4.70. The summed E-state index contributed by atoms with van der Waals surface area (Å²) in [4.78, 5) is 12.9. The van der Waals surface area contributed by atoms with Crippen LogP contribution in [0.4, 0.5) is 11.4 Å². The second-order valence-electron chi connectivity index (χ2n) is 5.11. The summed E-state index contributed by atoms with van der Waals surface area (Å²) >= 11 is 0. The maximum atomic E-state index is 11.0. The van der Waals surface area contributed by atoms with Crippen LogP contribution in [0.25, 0.3) is 0 Å². The van der Waals surface area contributed by atoms with Crippen LogP contribution in [-0.2, 0) is 0 Å². The number of hydrogen-bond donors (Lipinski definition) is 1. The number of anilines is 1. The fraction of sp³-hybridized carbons (Fsp3) is 0.538. The number of non-ortho nitro benzene ring substituents is 1. The maximum absolute atomic E-state index is 11.0. The van der Waals surface area contributed by atoms with Crippen LogP contribution >= 0.6 is 0 Å². The van der Waals surface area contributed by atoms with E-state index in [4.69, 9.17) is 4.74 Å². The van der Waals surface area contributed by atoms with E-state index in [-0.39, 0.29) is 10.6 Å². The normalized spacial score (nSPS) is 25.4. The average Bonchev–Trinajstić information content (AvgIpc) is 3.00. The monoisotopic (exact) mass is 263 g/mol. The Morgan fingerprint density at radius 1 is 1.42 bits per heavy atom. The zero-order chi connectivity index (χ0) is 13.4. The molecule has 2 atom stereocenters. The minimum atomic E-state index is -0.369. The van der Waals surface area contributed by atoms with Gasteiger partial charge in [-0.05, 0) is 12.3 Å². The first-order valence-electron chi connectivity index (χ1n) is 6.50. The molecule has 2 aliphatic heterocycles. The Labute approximate surface area is 111 Å². The van der Waals surface area contributed by atoms with Gasteiger partial charge in [-0.1, -0.05) is 0 Å². The number of nitro benzene ring substituents is 1. The highest BCUT2D eigenvalue weighted by Gasteiger charge is 2.38. The van der Waals surface area contributed by atoms with Crippen molar-refractivity contribution in [3.63, 3.8) is 0 Å². The number of rotatable bonds is 3. The van der Waals surface area contributed by atoms with Crippen LogP contribution in [0, 0.1) is 16.0 Å². The lowest BCUT2D eigenvalue weighted by Crippen LogP contribution is -2.34. The van der Waals surface area contributed by atoms with E-state index < -0.39 is 0 Å². The number of nitrogens with zero attached hydrogens (tertiary/aromatic N) is 2. The van der Waals surface area contributed by atoms with Gasteiger partial charge in [-0.15, -0.1) is 0 Å². The maximum Gasteiger partial charge on any atom is 0.275 e. The molecule has 0 amide bonds. The van der Waals surface area contributed by atoms with Gasteiger partial charge in [-0.2, -0.15) is 0 Å². The lowest BCUT2D eigenvalue weighted by molar-refractivity contribution is -0.384. The highest BCUT2D eigenvalue weighted by Crippen LogP contribution is 2.35. The fourth-order valence-corrected chi connectivity index (χ4v) is 3.13. The van der Waals surface area contributed by atoms with Gasteiger partial charge in [0.1, 0.15) is 5.75 Å². The average molecular weight is 263 g/mol. The van der Waals surface area contributed by atoms with E-state index in [1.165, 1.54) is 13.2 Å².